The van der Waals surface area contributed by atoms with Crippen molar-refractivity contribution in [3.8, 4) is 22.6 Å². The van der Waals surface area contributed by atoms with Crippen LogP contribution in [-0.2, 0) is 0 Å². The summed E-state index contributed by atoms with van der Waals surface area (Å²) < 4.78 is 53.5. The van der Waals surface area contributed by atoms with Crippen LogP contribution in [0, 0.1) is 5.82 Å². The van der Waals surface area contributed by atoms with Crippen LogP contribution in [0.25, 0.3) is 11.1 Å². The average Bonchev–Trinajstić information content (AvgIpc) is 2.35. The Balaban J connectivity index is 2.38. The molecule has 0 bridgehead atoms. The molecule has 0 aliphatic heterocycles. The highest BCUT2D eigenvalue weighted by atomic mass is 35.5. The molecular formula is C13H7ClF4O2. The van der Waals surface area contributed by atoms with Crippen molar-refractivity contribution >= 4 is 11.6 Å². The fraction of sp³-hybridized carbons (Fsp3) is 0.0769. The van der Waals surface area contributed by atoms with Crippen molar-refractivity contribution in [2.45, 2.75) is 6.36 Å². The monoisotopic (exact) mass is 306 g/mol. The summed E-state index contributed by atoms with van der Waals surface area (Å²) in [6, 6.07) is 6.79. The molecule has 0 unspecified atom stereocenters. The molecule has 2 aromatic carbocycles. The molecule has 0 aliphatic carbocycles. The molecule has 0 amide bonds. The van der Waals surface area contributed by atoms with Crippen molar-refractivity contribution in [2.24, 2.45) is 0 Å². The van der Waals surface area contributed by atoms with Crippen LogP contribution in [0.5, 0.6) is 11.5 Å². The lowest BCUT2D eigenvalue weighted by molar-refractivity contribution is -0.274. The molecule has 2 aromatic rings. The van der Waals surface area contributed by atoms with Crippen LogP contribution >= 0.6 is 11.6 Å². The maximum absolute atomic E-state index is 13.8. The van der Waals surface area contributed by atoms with Crippen molar-refractivity contribution < 1.29 is 27.4 Å². The number of ether oxygens (including phenoxy) is 1. The zero-order valence-electron chi connectivity index (χ0n) is 9.71. The highest BCUT2D eigenvalue weighted by Gasteiger charge is 2.31. The molecule has 0 aliphatic rings. The zero-order valence-corrected chi connectivity index (χ0v) is 10.5. The summed E-state index contributed by atoms with van der Waals surface area (Å²) in [7, 11) is 0. The number of hydrogen-bond acceptors (Lipinski definition) is 2. The van der Waals surface area contributed by atoms with E-state index < -0.39 is 17.9 Å². The van der Waals surface area contributed by atoms with Crippen molar-refractivity contribution in [1.29, 1.82) is 0 Å². The molecule has 0 aromatic heterocycles. The standard InChI is InChI=1S/C13H7ClF4O2/c14-9-5-6-10(19)11(12(9)15)7-1-3-8(4-2-7)20-13(16,17)18/h1-6,19H. The number of rotatable bonds is 2. The van der Waals surface area contributed by atoms with E-state index in [1.54, 1.807) is 0 Å². The number of aromatic hydroxyl groups is 1. The number of hydrogen-bond donors (Lipinski definition) is 1. The van der Waals surface area contributed by atoms with Crippen LogP contribution in [0.4, 0.5) is 17.6 Å². The molecule has 0 saturated heterocycles. The van der Waals surface area contributed by atoms with Gasteiger partial charge in [-0.25, -0.2) is 4.39 Å². The molecule has 20 heavy (non-hydrogen) atoms. The third kappa shape index (κ3) is 3.14. The van der Waals surface area contributed by atoms with Crippen LogP contribution in [0.3, 0.4) is 0 Å². The molecule has 0 radical (unpaired) electrons. The van der Waals surface area contributed by atoms with Gasteiger partial charge in [-0.05, 0) is 29.8 Å². The van der Waals surface area contributed by atoms with E-state index in [1.165, 1.54) is 24.3 Å². The van der Waals surface area contributed by atoms with Gasteiger partial charge in [-0.3, -0.25) is 0 Å². The van der Waals surface area contributed by atoms with Crippen molar-refractivity contribution in [3.63, 3.8) is 0 Å². The summed E-state index contributed by atoms with van der Waals surface area (Å²) in [4.78, 5) is 0. The van der Waals surface area contributed by atoms with E-state index in [0.717, 1.165) is 12.1 Å². The van der Waals surface area contributed by atoms with E-state index in [2.05, 4.69) is 4.74 Å². The smallest absolute Gasteiger partial charge is 0.507 e. The Bertz CT molecular complexity index is 624. The Hall–Kier alpha value is -1.95. The maximum atomic E-state index is 13.8. The summed E-state index contributed by atoms with van der Waals surface area (Å²) >= 11 is 5.59. The molecule has 0 fully saturated rings. The summed E-state index contributed by atoms with van der Waals surface area (Å²) in [5, 5.41) is 9.41. The predicted octanol–water partition coefficient (Wildman–Crippen LogP) is 4.75. The number of benzene rings is 2. The minimum atomic E-state index is -4.80. The topological polar surface area (TPSA) is 29.5 Å². The minimum Gasteiger partial charge on any atom is -0.507 e. The van der Waals surface area contributed by atoms with Crippen LogP contribution in [0.2, 0.25) is 5.02 Å². The van der Waals surface area contributed by atoms with Crippen LogP contribution in [0.15, 0.2) is 36.4 Å². The molecule has 0 atom stereocenters. The predicted molar refractivity (Wildman–Crippen MR) is 65.2 cm³/mol. The van der Waals surface area contributed by atoms with Crippen molar-refractivity contribution in [2.75, 3.05) is 0 Å². The van der Waals surface area contributed by atoms with Gasteiger partial charge >= 0.3 is 6.36 Å². The summed E-state index contributed by atoms with van der Waals surface area (Å²) in [6.07, 6.45) is -4.80. The fourth-order valence-electron chi connectivity index (χ4n) is 1.64. The van der Waals surface area contributed by atoms with Crippen LogP contribution in [0.1, 0.15) is 0 Å². The first-order valence-electron chi connectivity index (χ1n) is 5.31. The number of phenolic OH excluding ortho intramolecular Hbond substituents is 1. The molecule has 106 valence electrons. The van der Waals surface area contributed by atoms with Crippen LogP contribution < -0.4 is 4.74 Å². The van der Waals surface area contributed by atoms with E-state index >= 15 is 0 Å². The second-order valence-corrected chi connectivity index (χ2v) is 4.23. The Morgan fingerprint density at radius 3 is 2.15 bits per heavy atom. The third-order valence-electron chi connectivity index (χ3n) is 2.45. The van der Waals surface area contributed by atoms with Gasteiger partial charge in [0.1, 0.15) is 11.5 Å². The third-order valence-corrected chi connectivity index (χ3v) is 2.74. The van der Waals surface area contributed by atoms with Gasteiger partial charge in [0.15, 0.2) is 5.82 Å². The van der Waals surface area contributed by atoms with E-state index in [9.17, 15) is 22.7 Å². The Labute approximate surface area is 116 Å². The molecule has 0 heterocycles. The molecule has 2 rings (SSSR count). The van der Waals surface area contributed by atoms with E-state index in [1.807, 2.05) is 0 Å². The van der Waals surface area contributed by atoms with Gasteiger partial charge in [0.25, 0.3) is 0 Å². The van der Waals surface area contributed by atoms with E-state index in [4.69, 9.17) is 11.6 Å². The van der Waals surface area contributed by atoms with Gasteiger partial charge < -0.3 is 9.84 Å². The SMILES string of the molecule is Oc1ccc(Cl)c(F)c1-c1ccc(OC(F)(F)F)cc1. The van der Waals surface area contributed by atoms with E-state index in [0.29, 0.717) is 0 Å². The summed E-state index contributed by atoms with van der Waals surface area (Å²) in [5.41, 5.74) is -0.00640. The first-order chi connectivity index (χ1) is 9.28. The summed E-state index contributed by atoms with van der Waals surface area (Å²) in [6.45, 7) is 0. The Kier molecular flexibility index (Phi) is 3.76. The molecule has 0 spiro atoms. The van der Waals surface area contributed by atoms with Gasteiger partial charge in [-0.1, -0.05) is 23.7 Å². The van der Waals surface area contributed by atoms with Gasteiger partial charge in [-0.2, -0.15) is 0 Å². The minimum absolute atomic E-state index is 0.178. The Morgan fingerprint density at radius 2 is 1.60 bits per heavy atom. The van der Waals surface area contributed by atoms with Gasteiger partial charge in [0, 0.05) is 0 Å². The fourth-order valence-corrected chi connectivity index (χ4v) is 1.80. The Morgan fingerprint density at radius 1 is 1.00 bits per heavy atom. The van der Waals surface area contributed by atoms with Gasteiger partial charge in [-0.15, -0.1) is 13.2 Å². The number of alkyl halides is 3. The zero-order chi connectivity index (χ0) is 14.9. The van der Waals surface area contributed by atoms with Gasteiger partial charge in [0.2, 0.25) is 0 Å². The molecule has 0 saturated carbocycles. The van der Waals surface area contributed by atoms with Gasteiger partial charge in [0.05, 0.1) is 10.6 Å². The van der Waals surface area contributed by atoms with Crippen molar-refractivity contribution in [3.05, 3.63) is 47.2 Å². The molecule has 2 nitrogen and oxygen atoms in total. The van der Waals surface area contributed by atoms with Crippen molar-refractivity contribution in [1.82, 2.24) is 0 Å². The quantitative estimate of drug-likeness (QED) is 0.811. The molecule has 1 N–H and O–H groups in total. The second-order valence-electron chi connectivity index (χ2n) is 3.83. The lowest BCUT2D eigenvalue weighted by Crippen LogP contribution is -2.16. The largest absolute Gasteiger partial charge is 0.573 e. The number of halogens is 5. The molecule has 7 heteroatoms. The first kappa shape index (κ1) is 14.5. The molecular weight excluding hydrogens is 300 g/mol. The lowest BCUT2D eigenvalue weighted by atomic mass is 10.0. The first-order valence-corrected chi connectivity index (χ1v) is 5.69. The van der Waals surface area contributed by atoms with Crippen LogP contribution in [-0.4, -0.2) is 11.5 Å². The summed E-state index contributed by atoms with van der Waals surface area (Å²) in [5.74, 6) is -1.66. The lowest BCUT2D eigenvalue weighted by Gasteiger charge is -2.11. The normalized spacial score (nSPS) is 11.4. The average molecular weight is 307 g/mol. The highest BCUT2D eigenvalue weighted by Crippen LogP contribution is 2.36. The highest BCUT2D eigenvalue weighted by molar-refractivity contribution is 6.31. The van der Waals surface area contributed by atoms with E-state index in [-0.39, 0.29) is 21.9 Å². The number of phenols is 1. The second kappa shape index (κ2) is 5.20. The maximum Gasteiger partial charge on any atom is 0.573 e.